The van der Waals surface area contributed by atoms with E-state index in [0.29, 0.717) is 10.9 Å². The number of piperazine rings is 1. The van der Waals surface area contributed by atoms with Gasteiger partial charge in [0.1, 0.15) is 17.3 Å². The van der Waals surface area contributed by atoms with Crippen molar-refractivity contribution in [3.05, 3.63) is 41.6 Å². The first-order valence-corrected chi connectivity index (χ1v) is 13.7. The number of fused-ring (bicyclic) bond motifs is 1. The third-order valence-corrected chi connectivity index (χ3v) is 6.22. The zero-order valence-corrected chi connectivity index (χ0v) is 24.2. The molecule has 1 atom stereocenters. The lowest BCUT2D eigenvalue weighted by atomic mass is 10.1. The van der Waals surface area contributed by atoms with E-state index in [4.69, 9.17) is 14.2 Å². The van der Waals surface area contributed by atoms with Crippen LogP contribution in [0.2, 0.25) is 0 Å². The molecule has 1 aromatic heterocycles. The molecule has 12 heteroatoms. The molecule has 0 radical (unpaired) electrons. The lowest BCUT2D eigenvalue weighted by Gasteiger charge is -2.36. The number of hydrogen-bond acceptors (Lipinski definition) is 9. The Hall–Kier alpha value is -4.22. The van der Waals surface area contributed by atoms with Crippen molar-refractivity contribution in [3.63, 3.8) is 0 Å². The van der Waals surface area contributed by atoms with Gasteiger partial charge in [0.15, 0.2) is 0 Å². The van der Waals surface area contributed by atoms with Gasteiger partial charge in [-0.2, -0.15) is 0 Å². The fraction of sp³-hybridized carbons (Fsp3) is 0.517. The van der Waals surface area contributed by atoms with Crippen LogP contribution in [0.4, 0.5) is 4.79 Å². The Labute approximate surface area is 239 Å². The number of carbonyl (C=O) groups is 5. The second-order valence-corrected chi connectivity index (χ2v) is 10.5. The lowest BCUT2D eigenvalue weighted by molar-refractivity contribution is -0.155. The van der Waals surface area contributed by atoms with Crippen molar-refractivity contribution in [3.8, 4) is 0 Å². The van der Waals surface area contributed by atoms with E-state index in [1.807, 2.05) is 0 Å². The zero-order valence-electron chi connectivity index (χ0n) is 24.2. The number of nitrogens with one attached hydrogen (secondary N) is 1. The van der Waals surface area contributed by atoms with Gasteiger partial charge < -0.3 is 29.3 Å². The molecule has 1 aliphatic rings. The molecule has 3 amide bonds. The predicted molar refractivity (Wildman–Crippen MR) is 149 cm³/mol. The van der Waals surface area contributed by atoms with Crippen LogP contribution in [0, 0.1) is 0 Å². The molecule has 1 saturated heterocycles. The van der Waals surface area contributed by atoms with Gasteiger partial charge in [0.2, 0.25) is 5.91 Å². The molecule has 222 valence electrons. The molecule has 1 fully saturated rings. The van der Waals surface area contributed by atoms with Crippen molar-refractivity contribution in [1.29, 1.82) is 0 Å². The Balaban J connectivity index is 1.83. The van der Waals surface area contributed by atoms with Crippen LogP contribution in [0.3, 0.4) is 0 Å². The first kappa shape index (κ1) is 31.3. The Morgan fingerprint density at radius 2 is 1.59 bits per heavy atom. The normalized spacial score (nSPS) is 14.3. The summed E-state index contributed by atoms with van der Waals surface area (Å²) in [5, 5.41) is 3.24. The van der Waals surface area contributed by atoms with Crippen molar-refractivity contribution in [2.24, 2.45) is 0 Å². The summed E-state index contributed by atoms with van der Waals surface area (Å²) >= 11 is 0. The first-order valence-electron chi connectivity index (χ1n) is 13.7. The molecule has 2 heterocycles. The smallest absolute Gasteiger partial charge is 0.409 e. The molecular weight excluding hydrogens is 532 g/mol. The maximum Gasteiger partial charge on any atom is 0.409 e. The SMILES string of the molecule is CCOC(=O)c1cc(C(=O)N[C@@H](CCC(=O)OC(C)(C)C)C(=O)N2CCN(C(=O)OCC)CC2)nc2ccccc12. The predicted octanol–water partition coefficient (Wildman–Crippen LogP) is 2.93. The number of carbonyl (C=O) groups excluding carboxylic acids is 5. The van der Waals surface area contributed by atoms with E-state index in [1.165, 1.54) is 15.9 Å². The van der Waals surface area contributed by atoms with E-state index in [0.717, 1.165) is 0 Å². The minimum absolute atomic E-state index is 0.0180. The summed E-state index contributed by atoms with van der Waals surface area (Å²) < 4.78 is 15.6. The molecule has 12 nitrogen and oxygen atoms in total. The van der Waals surface area contributed by atoms with Gasteiger partial charge in [0.05, 0.1) is 24.3 Å². The summed E-state index contributed by atoms with van der Waals surface area (Å²) in [6.45, 7) is 10.0. The van der Waals surface area contributed by atoms with Crippen LogP contribution >= 0.6 is 0 Å². The van der Waals surface area contributed by atoms with Gasteiger partial charge in [-0.15, -0.1) is 0 Å². The summed E-state index contributed by atoms with van der Waals surface area (Å²) in [4.78, 5) is 71.6. The maximum atomic E-state index is 13.6. The summed E-state index contributed by atoms with van der Waals surface area (Å²) in [5.74, 6) is -2.20. The molecule has 3 rings (SSSR count). The summed E-state index contributed by atoms with van der Waals surface area (Å²) in [5.41, 5.74) is -0.194. The maximum absolute atomic E-state index is 13.6. The highest BCUT2D eigenvalue weighted by Gasteiger charge is 2.32. The largest absolute Gasteiger partial charge is 0.462 e. The number of nitrogens with zero attached hydrogens (tertiary/aromatic N) is 3. The van der Waals surface area contributed by atoms with Crippen LogP contribution in [-0.2, 0) is 23.8 Å². The van der Waals surface area contributed by atoms with Crippen LogP contribution in [0.1, 0.15) is 68.3 Å². The van der Waals surface area contributed by atoms with Crippen molar-refractivity contribution in [2.75, 3.05) is 39.4 Å². The van der Waals surface area contributed by atoms with Gasteiger partial charge in [-0.25, -0.2) is 14.6 Å². The van der Waals surface area contributed by atoms with Crippen molar-refractivity contribution in [2.45, 2.75) is 59.1 Å². The molecule has 0 saturated carbocycles. The third kappa shape index (κ3) is 8.63. The second-order valence-electron chi connectivity index (χ2n) is 10.5. The van der Waals surface area contributed by atoms with Crippen LogP contribution in [-0.4, -0.2) is 95.7 Å². The fourth-order valence-corrected chi connectivity index (χ4v) is 4.36. The number of amides is 3. The number of benzene rings is 1. The van der Waals surface area contributed by atoms with Gasteiger partial charge in [-0.05, 0) is 53.2 Å². The minimum Gasteiger partial charge on any atom is -0.462 e. The number of pyridine rings is 1. The molecule has 2 aromatic rings. The van der Waals surface area contributed by atoms with Gasteiger partial charge in [-0.1, -0.05) is 18.2 Å². The van der Waals surface area contributed by atoms with Gasteiger partial charge in [0, 0.05) is 38.0 Å². The third-order valence-electron chi connectivity index (χ3n) is 6.22. The Kier molecular flexibility index (Phi) is 10.6. The number of esters is 2. The van der Waals surface area contributed by atoms with E-state index in [2.05, 4.69) is 10.3 Å². The minimum atomic E-state index is -1.08. The van der Waals surface area contributed by atoms with Crippen molar-refractivity contribution >= 4 is 40.7 Å². The summed E-state index contributed by atoms with van der Waals surface area (Å²) in [7, 11) is 0. The quantitative estimate of drug-likeness (QED) is 0.355. The van der Waals surface area contributed by atoms with E-state index in [1.54, 1.807) is 58.9 Å². The molecule has 0 bridgehead atoms. The molecule has 1 aromatic carbocycles. The van der Waals surface area contributed by atoms with E-state index in [9.17, 15) is 24.0 Å². The van der Waals surface area contributed by atoms with Crippen LogP contribution in [0.25, 0.3) is 10.9 Å². The van der Waals surface area contributed by atoms with Crippen LogP contribution in [0.15, 0.2) is 30.3 Å². The first-order chi connectivity index (χ1) is 19.4. The Bertz CT molecular complexity index is 1280. The Morgan fingerprint density at radius 3 is 2.22 bits per heavy atom. The van der Waals surface area contributed by atoms with Crippen LogP contribution in [0.5, 0.6) is 0 Å². The van der Waals surface area contributed by atoms with Gasteiger partial charge in [-0.3, -0.25) is 14.4 Å². The van der Waals surface area contributed by atoms with E-state index < -0.39 is 41.5 Å². The number of hydrogen-bond donors (Lipinski definition) is 1. The molecule has 0 unspecified atom stereocenters. The van der Waals surface area contributed by atoms with Crippen molar-refractivity contribution in [1.82, 2.24) is 20.1 Å². The topological polar surface area (TPSA) is 144 Å². The monoisotopic (exact) mass is 570 g/mol. The lowest BCUT2D eigenvalue weighted by Crippen LogP contribution is -2.56. The summed E-state index contributed by atoms with van der Waals surface area (Å²) in [6, 6.07) is 7.11. The number of aromatic nitrogens is 1. The molecule has 1 aliphatic heterocycles. The van der Waals surface area contributed by atoms with E-state index >= 15 is 0 Å². The molecule has 0 spiro atoms. The zero-order chi connectivity index (χ0) is 30.2. The number of ether oxygens (including phenoxy) is 3. The highest BCUT2D eigenvalue weighted by Crippen LogP contribution is 2.20. The molecule has 0 aliphatic carbocycles. The van der Waals surface area contributed by atoms with E-state index in [-0.39, 0.29) is 63.5 Å². The number of rotatable bonds is 9. The van der Waals surface area contributed by atoms with Gasteiger partial charge in [0.25, 0.3) is 5.91 Å². The van der Waals surface area contributed by atoms with Crippen molar-refractivity contribution < 1.29 is 38.2 Å². The molecule has 1 N–H and O–H groups in total. The Morgan fingerprint density at radius 1 is 0.951 bits per heavy atom. The highest BCUT2D eigenvalue weighted by molar-refractivity contribution is 6.07. The standard InChI is InChI=1S/C29H38N4O8/c1-6-39-27(37)20-18-23(30-21-11-9-8-10-19(20)21)25(35)31-22(12-13-24(34)41-29(3,4)5)26(36)32-14-16-33(17-15-32)28(38)40-7-2/h8-11,18,22H,6-7,12-17H2,1-5H3,(H,31,35)/t22-/m0/s1. The number of para-hydroxylation sites is 1. The second kappa shape index (κ2) is 13.9. The fourth-order valence-electron chi connectivity index (χ4n) is 4.36. The average Bonchev–Trinajstić information content (AvgIpc) is 2.93. The van der Waals surface area contributed by atoms with Gasteiger partial charge >= 0.3 is 18.0 Å². The molecule has 41 heavy (non-hydrogen) atoms. The average molecular weight is 571 g/mol. The van der Waals surface area contributed by atoms with Crippen LogP contribution < -0.4 is 5.32 Å². The summed E-state index contributed by atoms with van der Waals surface area (Å²) in [6.07, 6.45) is -0.583. The highest BCUT2D eigenvalue weighted by atomic mass is 16.6. The molecular formula is C29H38N4O8.